The van der Waals surface area contributed by atoms with Gasteiger partial charge in [-0.05, 0) is 73.4 Å². The summed E-state index contributed by atoms with van der Waals surface area (Å²) in [5.41, 5.74) is 8.19. The molecular formula is C25H26ClN3O2. The summed E-state index contributed by atoms with van der Waals surface area (Å²) in [5, 5.41) is 10.9. The fraction of sp³-hybridized carbons (Fsp3) is 0.360. The van der Waals surface area contributed by atoms with Crippen molar-refractivity contribution in [1.82, 2.24) is 4.98 Å². The second-order valence-electron chi connectivity index (χ2n) is 8.35. The fourth-order valence-electron chi connectivity index (χ4n) is 4.82. The molecule has 1 aliphatic rings. The largest absolute Gasteiger partial charge is 0.489 e. The summed E-state index contributed by atoms with van der Waals surface area (Å²) in [6.45, 7) is 2.12. The van der Waals surface area contributed by atoms with Gasteiger partial charge in [0, 0.05) is 23.0 Å². The number of hydrogen-bond acceptors (Lipinski definition) is 4. The Labute approximate surface area is 186 Å². The average molecular weight is 436 g/mol. The Morgan fingerprint density at radius 3 is 2.61 bits per heavy atom. The minimum atomic E-state index is -0.163. The van der Waals surface area contributed by atoms with Gasteiger partial charge in [-0.1, -0.05) is 30.7 Å². The van der Waals surface area contributed by atoms with Crippen LogP contribution >= 0.6 is 11.6 Å². The number of nitrogens with zero attached hydrogens (tertiary/aromatic N) is 1. The number of H-pyrrole nitrogens is 1. The fourth-order valence-corrected chi connectivity index (χ4v) is 5.03. The number of nitriles is 1. The lowest BCUT2D eigenvalue weighted by Gasteiger charge is -2.44. The molecule has 2 aromatic carbocycles. The molecule has 0 radical (unpaired) electrons. The molecule has 1 unspecified atom stereocenters. The smallest absolute Gasteiger partial charge is 0.255 e. The van der Waals surface area contributed by atoms with E-state index < -0.39 is 0 Å². The zero-order valence-electron chi connectivity index (χ0n) is 17.5. The van der Waals surface area contributed by atoms with E-state index in [-0.39, 0.29) is 23.1 Å². The summed E-state index contributed by atoms with van der Waals surface area (Å²) >= 11 is 6.42. The molecule has 1 saturated carbocycles. The van der Waals surface area contributed by atoms with E-state index in [9.17, 15) is 4.79 Å². The summed E-state index contributed by atoms with van der Waals surface area (Å²) in [4.78, 5) is 14.7. The molecule has 1 aromatic heterocycles. The molecule has 1 heterocycles. The molecule has 31 heavy (non-hydrogen) atoms. The molecule has 0 saturated heterocycles. The highest BCUT2D eigenvalue weighted by Gasteiger charge is 2.41. The number of nitrogens with one attached hydrogen (secondary N) is 1. The third kappa shape index (κ3) is 4.06. The molecule has 0 bridgehead atoms. The Kier molecular flexibility index (Phi) is 6.04. The minimum absolute atomic E-state index is 0.0347. The number of fused-ring (bicyclic) bond motifs is 1. The van der Waals surface area contributed by atoms with Gasteiger partial charge >= 0.3 is 0 Å². The molecule has 3 aromatic rings. The van der Waals surface area contributed by atoms with E-state index in [2.05, 4.69) is 18.0 Å². The van der Waals surface area contributed by atoms with E-state index in [1.807, 2.05) is 36.4 Å². The van der Waals surface area contributed by atoms with Crippen molar-refractivity contribution >= 4 is 22.4 Å². The second kappa shape index (κ2) is 8.74. The molecule has 3 N–H and O–H groups in total. The van der Waals surface area contributed by atoms with Crippen LogP contribution in [0.5, 0.6) is 5.75 Å². The quantitative estimate of drug-likeness (QED) is 0.586. The number of benzene rings is 2. The first kappa shape index (κ1) is 21.4. The summed E-state index contributed by atoms with van der Waals surface area (Å²) in [5.74, 6) is 0.607. The highest BCUT2D eigenvalue weighted by atomic mass is 35.5. The highest BCUT2D eigenvalue weighted by molar-refractivity contribution is 6.32. The number of ether oxygens (including phenoxy) is 1. The van der Waals surface area contributed by atoms with E-state index in [1.54, 1.807) is 12.3 Å². The number of aromatic amines is 1. The van der Waals surface area contributed by atoms with Crippen molar-refractivity contribution in [3.8, 4) is 11.8 Å². The lowest BCUT2D eigenvalue weighted by molar-refractivity contribution is 0.104. The first-order valence-electron chi connectivity index (χ1n) is 10.7. The maximum Gasteiger partial charge on any atom is 0.255 e. The maximum atomic E-state index is 12.0. The van der Waals surface area contributed by atoms with Crippen molar-refractivity contribution in [2.45, 2.75) is 56.6 Å². The van der Waals surface area contributed by atoms with Gasteiger partial charge in [0.2, 0.25) is 0 Å². The average Bonchev–Trinajstić information content (AvgIpc) is 2.80. The van der Waals surface area contributed by atoms with E-state index in [1.165, 1.54) is 5.56 Å². The van der Waals surface area contributed by atoms with Gasteiger partial charge in [0.15, 0.2) is 0 Å². The van der Waals surface area contributed by atoms with E-state index in [4.69, 9.17) is 27.3 Å². The van der Waals surface area contributed by atoms with Gasteiger partial charge in [0.25, 0.3) is 5.56 Å². The first-order valence-corrected chi connectivity index (χ1v) is 11.1. The summed E-state index contributed by atoms with van der Waals surface area (Å²) < 4.78 is 6.29. The van der Waals surface area contributed by atoms with Gasteiger partial charge in [-0.2, -0.15) is 5.26 Å². The molecule has 5 nitrogen and oxygen atoms in total. The molecular weight excluding hydrogens is 410 g/mol. The van der Waals surface area contributed by atoms with Gasteiger partial charge in [-0.3, -0.25) is 4.79 Å². The van der Waals surface area contributed by atoms with Crippen molar-refractivity contribution < 1.29 is 4.74 Å². The number of nitrogens with two attached hydrogens (primary N) is 1. The Bertz CT molecular complexity index is 1170. The topological polar surface area (TPSA) is 91.9 Å². The van der Waals surface area contributed by atoms with E-state index >= 15 is 0 Å². The normalized spacial score (nSPS) is 22.1. The summed E-state index contributed by atoms with van der Waals surface area (Å²) in [7, 11) is 0. The van der Waals surface area contributed by atoms with Crippen LogP contribution in [-0.2, 0) is 5.41 Å². The molecule has 1 fully saturated rings. The summed E-state index contributed by atoms with van der Waals surface area (Å²) in [6, 6.07) is 15.4. The van der Waals surface area contributed by atoms with E-state index in [0.29, 0.717) is 21.7 Å². The van der Waals surface area contributed by atoms with Crippen LogP contribution in [0.1, 0.15) is 50.2 Å². The van der Waals surface area contributed by atoms with Gasteiger partial charge in [-0.15, -0.1) is 0 Å². The van der Waals surface area contributed by atoms with Crippen molar-refractivity contribution in [3.05, 3.63) is 75.2 Å². The molecule has 0 amide bonds. The van der Waals surface area contributed by atoms with E-state index in [0.717, 1.165) is 37.5 Å². The SMILES string of the molecule is CCC(N)[C@]1(c2ccc(C#N)cc2)CC[C@H](Oc2cc3cc[nH]c(=O)c3cc2Cl)CC1. The Morgan fingerprint density at radius 1 is 1.26 bits per heavy atom. The van der Waals surface area contributed by atoms with Crippen LogP contribution in [0.15, 0.2) is 53.5 Å². The standard InChI is InChI=1S/C25H26ClN3O2/c1-2-23(28)25(18-5-3-16(15-27)4-6-18)10-7-19(8-11-25)31-22-13-17-9-12-29-24(30)20(17)14-21(22)26/h3-6,9,12-14,19,23H,2,7-8,10-11,28H2,1H3,(H,29,30)/t19-,23?,25+. The van der Waals surface area contributed by atoms with Crippen molar-refractivity contribution in [2.75, 3.05) is 0 Å². The van der Waals surface area contributed by atoms with Crippen LogP contribution in [0.25, 0.3) is 10.8 Å². The molecule has 160 valence electrons. The number of rotatable bonds is 5. The third-order valence-corrected chi connectivity index (χ3v) is 6.98. The number of hydrogen-bond donors (Lipinski definition) is 2. The molecule has 1 aliphatic carbocycles. The number of pyridine rings is 1. The molecule has 6 heteroatoms. The van der Waals surface area contributed by atoms with Crippen LogP contribution in [0, 0.1) is 11.3 Å². The lowest BCUT2D eigenvalue weighted by Crippen LogP contribution is -2.48. The second-order valence-corrected chi connectivity index (χ2v) is 8.76. The highest BCUT2D eigenvalue weighted by Crippen LogP contribution is 2.44. The van der Waals surface area contributed by atoms with Crippen LogP contribution in [-0.4, -0.2) is 17.1 Å². The molecule has 4 rings (SSSR count). The number of halogens is 1. The van der Waals surface area contributed by atoms with Crippen LogP contribution in [0.4, 0.5) is 0 Å². The lowest BCUT2D eigenvalue weighted by atomic mass is 9.64. The molecule has 0 aliphatic heterocycles. The van der Waals surface area contributed by atoms with Gasteiger partial charge in [-0.25, -0.2) is 0 Å². The predicted molar refractivity (Wildman–Crippen MR) is 124 cm³/mol. The third-order valence-electron chi connectivity index (χ3n) is 6.68. The molecule has 1 atom stereocenters. The van der Waals surface area contributed by atoms with Crippen molar-refractivity contribution in [1.29, 1.82) is 5.26 Å². The maximum absolute atomic E-state index is 12.0. The minimum Gasteiger partial charge on any atom is -0.489 e. The van der Waals surface area contributed by atoms with Gasteiger partial charge in [0.05, 0.1) is 22.8 Å². The van der Waals surface area contributed by atoms with Gasteiger partial charge < -0.3 is 15.5 Å². The summed E-state index contributed by atoms with van der Waals surface area (Å²) in [6.07, 6.45) is 6.08. The van der Waals surface area contributed by atoms with Crippen molar-refractivity contribution in [3.63, 3.8) is 0 Å². The predicted octanol–water partition coefficient (Wildman–Crippen LogP) is 5.05. The Morgan fingerprint density at radius 2 is 1.97 bits per heavy atom. The monoisotopic (exact) mass is 435 g/mol. The Hall–Kier alpha value is -2.81. The first-order chi connectivity index (χ1) is 15.0. The van der Waals surface area contributed by atoms with Crippen LogP contribution in [0.3, 0.4) is 0 Å². The van der Waals surface area contributed by atoms with Crippen molar-refractivity contribution in [2.24, 2.45) is 5.73 Å². The van der Waals surface area contributed by atoms with Crippen LogP contribution in [0.2, 0.25) is 5.02 Å². The number of aromatic nitrogens is 1. The van der Waals surface area contributed by atoms with Gasteiger partial charge in [0.1, 0.15) is 5.75 Å². The zero-order chi connectivity index (χ0) is 22.0. The molecule has 0 spiro atoms. The Balaban J connectivity index is 1.55. The van der Waals surface area contributed by atoms with Crippen LogP contribution < -0.4 is 16.0 Å². The zero-order valence-corrected chi connectivity index (χ0v) is 18.3.